The first-order valence-electron chi connectivity index (χ1n) is 8.67. The van der Waals surface area contributed by atoms with Gasteiger partial charge >= 0.3 is 12.1 Å². The van der Waals surface area contributed by atoms with E-state index in [0.717, 1.165) is 6.07 Å². The van der Waals surface area contributed by atoms with Crippen molar-refractivity contribution in [1.82, 2.24) is 9.88 Å². The van der Waals surface area contributed by atoms with Crippen LogP contribution in [-0.4, -0.2) is 65.8 Å². The van der Waals surface area contributed by atoms with Crippen molar-refractivity contribution >= 4 is 17.7 Å². The van der Waals surface area contributed by atoms with Crippen LogP contribution in [0.5, 0.6) is 0 Å². The first-order chi connectivity index (χ1) is 12.8. The van der Waals surface area contributed by atoms with Crippen LogP contribution in [0.1, 0.15) is 18.4 Å². The summed E-state index contributed by atoms with van der Waals surface area (Å²) in [5.74, 6) is -2.07. The molecule has 0 saturated carbocycles. The highest BCUT2D eigenvalue weighted by atomic mass is 19.4. The second kappa shape index (κ2) is 7.71. The van der Waals surface area contributed by atoms with Crippen molar-refractivity contribution in [3.05, 3.63) is 23.9 Å². The fraction of sp³-hybridized carbons (Fsp3) is 0.588. The molecule has 7 nitrogen and oxygen atoms in total. The molecule has 2 fully saturated rings. The maximum absolute atomic E-state index is 13.3. The lowest BCUT2D eigenvalue weighted by molar-refractivity contribution is -0.160. The van der Waals surface area contributed by atoms with E-state index in [1.807, 2.05) is 0 Å². The summed E-state index contributed by atoms with van der Waals surface area (Å²) in [5, 5.41) is 9.06. The fourth-order valence-electron chi connectivity index (χ4n) is 3.50. The Labute approximate surface area is 153 Å². The zero-order chi connectivity index (χ0) is 19.6. The normalized spacial score (nSPS) is 24.0. The van der Waals surface area contributed by atoms with Crippen molar-refractivity contribution in [2.24, 2.45) is 5.92 Å². The second-order valence-electron chi connectivity index (χ2n) is 6.64. The number of carbonyl (C=O) groups excluding carboxylic acids is 1. The lowest BCUT2D eigenvalue weighted by Gasteiger charge is -2.38. The first-order valence-corrected chi connectivity index (χ1v) is 8.67. The minimum Gasteiger partial charge on any atom is -0.479 e. The number of anilines is 1. The summed E-state index contributed by atoms with van der Waals surface area (Å²) in [6, 6.07) is 2.21. The number of halogens is 3. The fourth-order valence-corrected chi connectivity index (χ4v) is 3.50. The first kappa shape index (κ1) is 19.4. The number of carboxylic acid groups (broad SMARTS) is 1. The molecule has 2 saturated heterocycles. The number of piperidine rings is 1. The van der Waals surface area contributed by atoms with Crippen molar-refractivity contribution in [3.8, 4) is 0 Å². The van der Waals surface area contributed by atoms with Crippen LogP contribution in [0.15, 0.2) is 18.3 Å². The van der Waals surface area contributed by atoms with E-state index in [2.05, 4.69) is 4.98 Å². The van der Waals surface area contributed by atoms with Crippen LogP contribution in [0.25, 0.3) is 0 Å². The molecule has 0 radical (unpaired) electrons. The van der Waals surface area contributed by atoms with Gasteiger partial charge in [-0.15, -0.1) is 0 Å². The molecule has 27 heavy (non-hydrogen) atoms. The largest absolute Gasteiger partial charge is 0.479 e. The topological polar surface area (TPSA) is 83.0 Å². The van der Waals surface area contributed by atoms with Gasteiger partial charge in [-0.2, -0.15) is 13.2 Å². The van der Waals surface area contributed by atoms with Gasteiger partial charge in [-0.3, -0.25) is 4.79 Å². The van der Waals surface area contributed by atoms with E-state index in [1.165, 1.54) is 22.1 Å². The number of nitrogens with zero attached hydrogens (tertiary/aromatic N) is 3. The Balaban J connectivity index is 1.73. The predicted octanol–water partition coefficient (Wildman–Crippen LogP) is 1.63. The van der Waals surface area contributed by atoms with Gasteiger partial charge in [0.25, 0.3) is 0 Å². The number of amides is 1. The van der Waals surface area contributed by atoms with Gasteiger partial charge in [0, 0.05) is 25.8 Å². The van der Waals surface area contributed by atoms with Crippen LogP contribution < -0.4 is 4.90 Å². The molecule has 0 aliphatic carbocycles. The maximum Gasteiger partial charge on any atom is 0.419 e. The third kappa shape index (κ3) is 4.32. The van der Waals surface area contributed by atoms with E-state index in [0.29, 0.717) is 19.4 Å². The molecule has 2 unspecified atom stereocenters. The highest BCUT2D eigenvalue weighted by Crippen LogP contribution is 2.36. The third-order valence-electron chi connectivity index (χ3n) is 4.82. The molecule has 3 rings (SSSR count). The van der Waals surface area contributed by atoms with Crippen molar-refractivity contribution in [2.45, 2.75) is 25.1 Å². The predicted molar refractivity (Wildman–Crippen MR) is 88.1 cm³/mol. The molecule has 2 atom stereocenters. The van der Waals surface area contributed by atoms with Crippen LogP contribution >= 0.6 is 0 Å². The average molecular weight is 387 g/mol. The average Bonchev–Trinajstić information content (AvgIpc) is 2.67. The number of aromatic nitrogens is 1. The number of aliphatic carboxylic acids is 1. The SMILES string of the molecule is O=C(O)C1CN(C(=O)C2CCCN(c3ncccc3C(F)(F)F)C2)CCO1. The molecular weight excluding hydrogens is 367 g/mol. The number of ether oxygens (including phenoxy) is 1. The minimum absolute atomic E-state index is 0.0535. The highest BCUT2D eigenvalue weighted by Gasteiger charge is 2.38. The van der Waals surface area contributed by atoms with Gasteiger partial charge in [-0.25, -0.2) is 9.78 Å². The van der Waals surface area contributed by atoms with E-state index in [4.69, 9.17) is 9.84 Å². The molecular formula is C17H20F3N3O4. The van der Waals surface area contributed by atoms with Gasteiger partial charge in [0.15, 0.2) is 6.10 Å². The molecule has 0 bridgehead atoms. The number of carboxylic acids is 1. The maximum atomic E-state index is 13.3. The van der Waals surface area contributed by atoms with Crippen LogP contribution in [-0.2, 0) is 20.5 Å². The molecule has 1 N–H and O–H groups in total. The quantitative estimate of drug-likeness (QED) is 0.849. The van der Waals surface area contributed by atoms with Crippen molar-refractivity contribution in [1.29, 1.82) is 0 Å². The monoisotopic (exact) mass is 387 g/mol. The van der Waals surface area contributed by atoms with Gasteiger partial charge < -0.3 is 19.6 Å². The zero-order valence-corrected chi connectivity index (χ0v) is 14.5. The molecule has 1 amide bonds. The summed E-state index contributed by atoms with van der Waals surface area (Å²) in [7, 11) is 0. The van der Waals surface area contributed by atoms with Gasteiger partial charge in [0.2, 0.25) is 5.91 Å². The Morgan fingerprint density at radius 2 is 2.04 bits per heavy atom. The highest BCUT2D eigenvalue weighted by molar-refractivity contribution is 5.81. The van der Waals surface area contributed by atoms with Crippen molar-refractivity contribution in [2.75, 3.05) is 37.7 Å². The van der Waals surface area contributed by atoms with E-state index in [1.54, 1.807) is 0 Å². The zero-order valence-electron chi connectivity index (χ0n) is 14.5. The Bertz CT molecular complexity index is 713. The third-order valence-corrected chi connectivity index (χ3v) is 4.82. The van der Waals surface area contributed by atoms with E-state index >= 15 is 0 Å². The number of pyridine rings is 1. The summed E-state index contributed by atoms with van der Waals surface area (Å²) in [5.41, 5.74) is -0.824. The van der Waals surface area contributed by atoms with Gasteiger partial charge in [0.1, 0.15) is 5.82 Å². The summed E-state index contributed by atoms with van der Waals surface area (Å²) >= 11 is 0. The number of hydrogen-bond acceptors (Lipinski definition) is 5. The lowest BCUT2D eigenvalue weighted by Crippen LogP contribution is -2.52. The standard InChI is InChI=1S/C17H20F3N3O4/c18-17(19,20)12-4-1-5-21-14(12)22-6-2-3-11(9-22)15(24)23-7-8-27-13(10-23)16(25)26/h1,4-5,11,13H,2-3,6-10H2,(H,25,26). The number of rotatable bonds is 3. The molecule has 148 valence electrons. The van der Waals surface area contributed by atoms with Crippen LogP contribution in [0.2, 0.25) is 0 Å². The van der Waals surface area contributed by atoms with Gasteiger partial charge in [-0.1, -0.05) is 0 Å². The smallest absolute Gasteiger partial charge is 0.419 e. The molecule has 0 spiro atoms. The summed E-state index contributed by atoms with van der Waals surface area (Å²) < 4.78 is 44.9. The number of carbonyl (C=O) groups is 2. The van der Waals surface area contributed by atoms with Crippen molar-refractivity contribution < 1.29 is 32.6 Å². The molecule has 2 aliphatic rings. The molecule has 1 aromatic rings. The lowest BCUT2D eigenvalue weighted by atomic mass is 9.95. The van der Waals surface area contributed by atoms with Gasteiger partial charge in [0.05, 0.1) is 24.6 Å². The molecule has 10 heteroatoms. The summed E-state index contributed by atoms with van der Waals surface area (Å²) in [6.07, 6.45) is -3.21. The van der Waals surface area contributed by atoms with Crippen LogP contribution in [0.3, 0.4) is 0 Å². The van der Waals surface area contributed by atoms with Crippen LogP contribution in [0.4, 0.5) is 19.0 Å². The van der Waals surface area contributed by atoms with E-state index in [-0.39, 0.29) is 38.0 Å². The summed E-state index contributed by atoms with van der Waals surface area (Å²) in [6.45, 7) is 0.842. The van der Waals surface area contributed by atoms with Crippen LogP contribution in [0, 0.1) is 5.92 Å². The summed E-state index contributed by atoms with van der Waals surface area (Å²) in [4.78, 5) is 30.7. The Kier molecular flexibility index (Phi) is 5.54. The van der Waals surface area contributed by atoms with E-state index < -0.39 is 29.7 Å². The van der Waals surface area contributed by atoms with Crippen molar-refractivity contribution in [3.63, 3.8) is 0 Å². The Morgan fingerprint density at radius 1 is 1.26 bits per heavy atom. The molecule has 3 heterocycles. The molecule has 2 aliphatic heterocycles. The Hall–Kier alpha value is -2.36. The molecule has 1 aromatic heterocycles. The minimum atomic E-state index is -4.53. The second-order valence-corrected chi connectivity index (χ2v) is 6.64. The number of morpholine rings is 1. The number of alkyl halides is 3. The Morgan fingerprint density at radius 3 is 2.74 bits per heavy atom. The molecule has 0 aromatic carbocycles. The van der Waals surface area contributed by atoms with E-state index in [9.17, 15) is 22.8 Å². The number of hydrogen-bond donors (Lipinski definition) is 1. The van der Waals surface area contributed by atoms with Gasteiger partial charge in [-0.05, 0) is 25.0 Å².